The van der Waals surface area contributed by atoms with Crippen molar-refractivity contribution in [1.29, 1.82) is 0 Å². The SMILES string of the molecule is CC(C)N(CCN)c1nc[nH]c(=O)c1Cl. The number of H-pyrrole nitrogens is 1. The monoisotopic (exact) mass is 230 g/mol. The Kier molecular flexibility index (Phi) is 4.11. The third-order valence-electron chi connectivity index (χ3n) is 2.04. The maximum atomic E-state index is 11.3. The minimum Gasteiger partial charge on any atom is -0.351 e. The van der Waals surface area contributed by atoms with Gasteiger partial charge in [0.25, 0.3) is 5.56 Å². The van der Waals surface area contributed by atoms with E-state index in [2.05, 4.69) is 9.97 Å². The van der Waals surface area contributed by atoms with Crippen molar-refractivity contribution in [2.24, 2.45) is 5.73 Å². The summed E-state index contributed by atoms with van der Waals surface area (Å²) in [5.41, 5.74) is 5.16. The van der Waals surface area contributed by atoms with E-state index in [-0.39, 0.29) is 16.6 Å². The molecule has 0 aliphatic heterocycles. The van der Waals surface area contributed by atoms with Crippen LogP contribution in [0.5, 0.6) is 0 Å². The molecule has 1 aromatic heterocycles. The van der Waals surface area contributed by atoms with Gasteiger partial charge in [-0.2, -0.15) is 0 Å². The van der Waals surface area contributed by atoms with E-state index < -0.39 is 0 Å². The van der Waals surface area contributed by atoms with E-state index in [1.165, 1.54) is 6.33 Å². The van der Waals surface area contributed by atoms with Crippen LogP contribution < -0.4 is 16.2 Å². The summed E-state index contributed by atoms with van der Waals surface area (Å²) in [5, 5.41) is 0.111. The number of hydrogen-bond donors (Lipinski definition) is 2. The second-order valence-corrected chi connectivity index (χ2v) is 3.82. The molecule has 6 heteroatoms. The first-order valence-electron chi connectivity index (χ1n) is 4.77. The Labute approximate surface area is 93.3 Å². The molecule has 0 unspecified atom stereocenters. The number of aromatic nitrogens is 2. The molecule has 0 bridgehead atoms. The second kappa shape index (κ2) is 5.14. The molecular weight excluding hydrogens is 216 g/mol. The van der Waals surface area contributed by atoms with Gasteiger partial charge in [0, 0.05) is 19.1 Å². The molecule has 0 spiro atoms. The van der Waals surface area contributed by atoms with Crippen LogP contribution in [0.4, 0.5) is 5.82 Å². The van der Waals surface area contributed by atoms with Crippen LogP contribution in [0.1, 0.15) is 13.8 Å². The largest absolute Gasteiger partial charge is 0.351 e. The van der Waals surface area contributed by atoms with Gasteiger partial charge in [0.05, 0.1) is 6.33 Å². The smallest absolute Gasteiger partial charge is 0.271 e. The summed E-state index contributed by atoms with van der Waals surface area (Å²) in [6.07, 6.45) is 1.34. The molecule has 1 heterocycles. The average Bonchev–Trinajstić information content (AvgIpc) is 2.19. The van der Waals surface area contributed by atoms with Crippen LogP contribution in [-0.2, 0) is 0 Å². The quantitative estimate of drug-likeness (QED) is 0.794. The molecule has 15 heavy (non-hydrogen) atoms. The van der Waals surface area contributed by atoms with Crippen molar-refractivity contribution in [3.05, 3.63) is 21.7 Å². The molecule has 0 aliphatic rings. The molecule has 1 aromatic rings. The summed E-state index contributed by atoms with van der Waals surface area (Å²) >= 11 is 5.88. The molecular formula is C9H15ClN4O. The summed E-state index contributed by atoms with van der Waals surface area (Å²) in [6, 6.07) is 0.195. The zero-order chi connectivity index (χ0) is 11.4. The lowest BCUT2D eigenvalue weighted by Crippen LogP contribution is -2.37. The standard InChI is InChI=1S/C9H15ClN4O/c1-6(2)14(4-3-11)8-7(10)9(15)13-5-12-8/h5-6H,3-4,11H2,1-2H3,(H,12,13,15). The van der Waals surface area contributed by atoms with Crippen LogP contribution in [-0.4, -0.2) is 29.1 Å². The number of anilines is 1. The van der Waals surface area contributed by atoms with Gasteiger partial charge in [0.15, 0.2) is 5.82 Å². The summed E-state index contributed by atoms with van der Waals surface area (Å²) < 4.78 is 0. The third kappa shape index (κ3) is 2.70. The van der Waals surface area contributed by atoms with Gasteiger partial charge in [-0.05, 0) is 13.8 Å². The molecule has 0 aliphatic carbocycles. The fourth-order valence-corrected chi connectivity index (χ4v) is 1.53. The predicted octanol–water partition coefficient (Wildman–Crippen LogP) is 0.597. The van der Waals surface area contributed by atoms with Crippen molar-refractivity contribution in [3.8, 4) is 0 Å². The summed E-state index contributed by atoms with van der Waals surface area (Å²) in [5.74, 6) is 0.487. The highest BCUT2D eigenvalue weighted by Gasteiger charge is 2.16. The highest BCUT2D eigenvalue weighted by Crippen LogP contribution is 2.19. The van der Waals surface area contributed by atoms with Crippen molar-refractivity contribution in [1.82, 2.24) is 9.97 Å². The van der Waals surface area contributed by atoms with Crippen molar-refractivity contribution < 1.29 is 0 Å². The molecule has 1 rings (SSSR count). The van der Waals surface area contributed by atoms with Gasteiger partial charge in [0.2, 0.25) is 0 Å². The van der Waals surface area contributed by atoms with Crippen molar-refractivity contribution >= 4 is 17.4 Å². The minimum atomic E-state index is -0.329. The van der Waals surface area contributed by atoms with Crippen LogP contribution in [0.15, 0.2) is 11.1 Å². The van der Waals surface area contributed by atoms with Gasteiger partial charge in [-0.3, -0.25) is 4.79 Å². The number of halogens is 1. The first kappa shape index (κ1) is 12.0. The van der Waals surface area contributed by atoms with E-state index in [1.54, 1.807) is 0 Å². The molecule has 0 saturated heterocycles. The van der Waals surface area contributed by atoms with Crippen molar-refractivity contribution in [2.75, 3.05) is 18.0 Å². The highest BCUT2D eigenvalue weighted by molar-refractivity contribution is 6.32. The fraction of sp³-hybridized carbons (Fsp3) is 0.556. The average molecular weight is 231 g/mol. The lowest BCUT2D eigenvalue weighted by molar-refractivity contribution is 0.673. The van der Waals surface area contributed by atoms with Crippen LogP contribution >= 0.6 is 11.6 Å². The summed E-state index contributed by atoms with van der Waals surface area (Å²) in [4.78, 5) is 19.7. The Bertz CT molecular complexity index is 377. The molecule has 0 radical (unpaired) electrons. The number of nitrogens with two attached hydrogens (primary N) is 1. The van der Waals surface area contributed by atoms with Gasteiger partial charge in [-0.15, -0.1) is 0 Å². The fourth-order valence-electron chi connectivity index (χ4n) is 1.32. The van der Waals surface area contributed by atoms with Gasteiger partial charge < -0.3 is 15.6 Å². The molecule has 3 N–H and O–H groups in total. The Balaban J connectivity index is 3.11. The van der Waals surface area contributed by atoms with E-state index in [0.29, 0.717) is 18.9 Å². The molecule has 0 amide bonds. The topological polar surface area (TPSA) is 75.0 Å². The Morgan fingerprint density at radius 1 is 1.67 bits per heavy atom. The van der Waals surface area contributed by atoms with Crippen LogP contribution in [0.2, 0.25) is 5.02 Å². The lowest BCUT2D eigenvalue weighted by Gasteiger charge is -2.27. The number of rotatable bonds is 4. The number of nitrogens with one attached hydrogen (secondary N) is 1. The minimum absolute atomic E-state index is 0.111. The van der Waals surface area contributed by atoms with E-state index in [4.69, 9.17) is 17.3 Å². The first-order valence-corrected chi connectivity index (χ1v) is 5.15. The van der Waals surface area contributed by atoms with Gasteiger partial charge >= 0.3 is 0 Å². The van der Waals surface area contributed by atoms with Crippen LogP contribution in [0.3, 0.4) is 0 Å². The molecule has 0 atom stereocenters. The van der Waals surface area contributed by atoms with E-state index in [0.717, 1.165) is 0 Å². The second-order valence-electron chi connectivity index (χ2n) is 3.45. The normalized spacial score (nSPS) is 10.7. The zero-order valence-corrected chi connectivity index (χ0v) is 9.58. The third-order valence-corrected chi connectivity index (χ3v) is 2.38. The molecule has 84 valence electrons. The Morgan fingerprint density at radius 2 is 2.33 bits per heavy atom. The predicted molar refractivity (Wildman–Crippen MR) is 61.4 cm³/mol. The van der Waals surface area contributed by atoms with Crippen molar-refractivity contribution in [3.63, 3.8) is 0 Å². The number of nitrogens with zero attached hydrogens (tertiary/aromatic N) is 2. The van der Waals surface area contributed by atoms with Crippen LogP contribution in [0, 0.1) is 0 Å². The molecule has 0 fully saturated rings. The van der Waals surface area contributed by atoms with Gasteiger partial charge in [0.1, 0.15) is 5.02 Å². The maximum Gasteiger partial charge on any atom is 0.271 e. The zero-order valence-electron chi connectivity index (χ0n) is 8.83. The van der Waals surface area contributed by atoms with E-state index in [1.807, 2.05) is 18.7 Å². The summed E-state index contributed by atoms with van der Waals surface area (Å²) in [7, 11) is 0. The molecule has 0 aromatic carbocycles. The van der Waals surface area contributed by atoms with Crippen molar-refractivity contribution in [2.45, 2.75) is 19.9 Å². The Morgan fingerprint density at radius 3 is 2.87 bits per heavy atom. The van der Waals surface area contributed by atoms with Gasteiger partial charge in [-0.1, -0.05) is 11.6 Å². The molecule has 5 nitrogen and oxygen atoms in total. The first-order chi connectivity index (χ1) is 7.07. The van der Waals surface area contributed by atoms with Crippen LogP contribution in [0.25, 0.3) is 0 Å². The van der Waals surface area contributed by atoms with E-state index in [9.17, 15) is 4.79 Å². The lowest BCUT2D eigenvalue weighted by atomic mass is 10.3. The maximum absolute atomic E-state index is 11.3. The van der Waals surface area contributed by atoms with Gasteiger partial charge in [-0.25, -0.2) is 4.98 Å². The Hall–Kier alpha value is -1.07. The number of aromatic amines is 1. The number of hydrogen-bond acceptors (Lipinski definition) is 4. The summed E-state index contributed by atoms with van der Waals surface area (Å²) in [6.45, 7) is 5.10. The molecule has 0 saturated carbocycles. The highest BCUT2D eigenvalue weighted by atomic mass is 35.5. The van der Waals surface area contributed by atoms with E-state index >= 15 is 0 Å².